The second-order valence-corrected chi connectivity index (χ2v) is 8.95. The van der Waals surface area contributed by atoms with Crippen molar-refractivity contribution >= 4 is 33.1 Å². The van der Waals surface area contributed by atoms with E-state index in [2.05, 4.69) is 32.7 Å². The molecule has 0 amide bonds. The molecule has 1 fully saturated rings. The van der Waals surface area contributed by atoms with Crippen molar-refractivity contribution in [2.24, 2.45) is 11.1 Å². The summed E-state index contributed by atoms with van der Waals surface area (Å²) in [7, 11) is -3.88. The lowest BCUT2D eigenvalue weighted by molar-refractivity contribution is 0.253. The smallest absolute Gasteiger partial charge is 0.329 e. The summed E-state index contributed by atoms with van der Waals surface area (Å²) >= 11 is 1.62. The molecule has 0 unspecified atom stereocenters. The Morgan fingerprint density at radius 1 is 1.19 bits per heavy atom. The number of fused-ring (bicyclic) bond motifs is 1. The van der Waals surface area contributed by atoms with E-state index in [0.29, 0.717) is 0 Å². The molecule has 1 aliphatic rings. The molecule has 0 aliphatic heterocycles. The lowest BCUT2D eigenvalue weighted by Crippen LogP contribution is -2.19. The van der Waals surface area contributed by atoms with Gasteiger partial charge in [-0.15, -0.1) is 0 Å². The van der Waals surface area contributed by atoms with Gasteiger partial charge in [-0.05, 0) is 43.4 Å². The van der Waals surface area contributed by atoms with Gasteiger partial charge in [0.25, 0.3) is 0 Å². The molecule has 0 bridgehead atoms. The van der Waals surface area contributed by atoms with Crippen molar-refractivity contribution in [1.29, 1.82) is 0 Å². The topological polar surface area (TPSA) is 100 Å². The van der Waals surface area contributed by atoms with E-state index < -0.39 is 10.3 Å². The van der Waals surface area contributed by atoms with Crippen LogP contribution in [0.2, 0.25) is 0 Å². The van der Waals surface area contributed by atoms with Crippen LogP contribution in [-0.2, 0) is 14.5 Å². The molecule has 1 saturated carbocycles. The lowest BCUT2D eigenvalue weighted by Gasteiger charge is -2.14. The predicted molar refractivity (Wildman–Crippen MR) is 104 cm³/mol. The first-order valence-electron chi connectivity index (χ1n) is 8.71. The Kier molecular flexibility index (Phi) is 5.18. The summed E-state index contributed by atoms with van der Waals surface area (Å²) in [5.74, 6) is 0.172. The first kappa shape index (κ1) is 18.4. The third-order valence-electron chi connectivity index (χ3n) is 4.81. The average molecular weight is 405 g/mol. The molecule has 1 aliphatic carbocycles. The van der Waals surface area contributed by atoms with E-state index >= 15 is 0 Å². The van der Waals surface area contributed by atoms with Crippen LogP contribution in [-0.4, -0.2) is 29.6 Å². The van der Waals surface area contributed by atoms with Crippen LogP contribution in [0.4, 0.5) is 0 Å². The highest BCUT2D eigenvalue weighted by Gasteiger charge is 2.28. The Labute approximate surface area is 162 Å². The normalized spacial score (nSPS) is 20.3. The summed E-state index contributed by atoms with van der Waals surface area (Å²) in [6.45, 7) is 0.138. The summed E-state index contributed by atoms with van der Waals surface area (Å²) in [6.07, 6.45) is 6.33. The first-order chi connectivity index (χ1) is 13.0. The monoisotopic (exact) mass is 404 g/mol. The summed E-state index contributed by atoms with van der Waals surface area (Å²) in [6, 6.07) is 12.4. The van der Waals surface area contributed by atoms with Crippen molar-refractivity contribution in [1.82, 2.24) is 14.5 Å². The Morgan fingerprint density at radius 3 is 2.78 bits per heavy atom. The average Bonchev–Trinajstić information content (AvgIpc) is 3.27. The molecule has 2 aromatic heterocycles. The number of hydrogen-bond acceptors (Lipinski definition) is 6. The second kappa shape index (κ2) is 7.59. The van der Waals surface area contributed by atoms with E-state index in [1.165, 1.54) is 0 Å². The van der Waals surface area contributed by atoms with Gasteiger partial charge in [0.15, 0.2) is 0 Å². The maximum Gasteiger partial charge on any atom is 0.333 e. The van der Waals surface area contributed by atoms with Crippen LogP contribution >= 0.6 is 11.8 Å². The summed E-state index contributed by atoms with van der Waals surface area (Å²) in [4.78, 5) is 10.1. The molecule has 7 nitrogen and oxygen atoms in total. The number of nitrogens with zero attached hydrogens (tertiary/aromatic N) is 3. The molecule has 27 heavy (non-hydrogen) atoms. The predicted octanol–water partition coefficient (Wildman–Crippen LogP) is 3.14. The van der Waals surface area contributed by atoms with E-state index in [0.717, 1.165) is 40.2 Å². The number of aromatic nitrogens is 3. The Morgan fingerprint density at radius 2 is 2.00 bits per heavy atom. The van der Waals surface area contributed by atoms with Gasteiger partial charge in [0.2, 0.25) is 0 Å². The van der Waals surface area contributed by atoms with Crippen LogP contribution in [0.25, 0.3) is 11.0 Å². The van der Waals surface area contributed by atoms with Crippen LogP contribution in [0, 0.1) is 5.92 Å². The molecular formula is C18H20N4O3S2. The van der Waals surface area contributed by atoms with Gasteiger partial charge < -0.3 is 4.57 Å². The quantitative estimate of drug-likeness (QED) is 0.634. The molecule has 9 heteroatoms. The van der Waals surface area contributed by atoms with E-state index in [4.69, 9.17) is 9.32 Å². The van der Waals surface area contributed by atoms with Gasteiger partial charge >= 0.3 is 10.3 Å². The zero-order valence-electron chi connectivity index (χ0n) is 14.6. The molecule has 4 rings (SSSR count). The fraction of sp³-hybridized carbons (Fsp3) is 0.333. The molecule has 3 aromatic rings. The third kappa shape index (κ3) is 4.32. The molecule has 142 valence electrons. The van der Waals surface area contributed by atoms with Gasteiger partial charge in [0.1, 0.15) is 17.0 Å². The standard InChI is InChI=1S/C18H20N4O3S2/c19-27(23,24)25-11-13-6-7-14(10-13)22-9-8-16-17(22)20-12-21-18(16)26-15-4-2-1-3-5-15/h1-5,8-9,12-14H,6-7,10-11H2,(H2,19,23,24)/t13-,14-/m0/s1. The van der Waals surface area contributed by atoms with Crippen molar-refractivity contribution in [3.63, 3.8) is 0 Å². The number of hydrogen-bond donors (Lipinski definition) is 1. The van der Waals surface area contributed by atoms with Gasteiger partial charge in [-0.25, -0.2) is 15.1 Å². The molecule has 0 spiro atoms. The summed E-state index contributed by atoms with van der Waals surface area (Å²) in [5.41, 5.74) is 0.904. The summed E-state index contributed by atoms with van der Waals surface area (Å²) < 4.78 is 28.9. The van der Waals surface area contributed by atoms with E-state index in [1.807, 2.05) is 24.4 Å². The second-order valence-electron chi connectivity index (χ2n) is 6.66. The van der Waals surface area contributed by atoms with Crippen molar-refractivity contribution in [2.45, 2.75) is 35.2 Å². The molecule has 1 aromatic carbocycles. The minimum Gasteiger partial charge on any atom is -0.329 e. The summed E-state index contributed by atoms with van der Waals surface area (Å²) in [5, 5.41) is 6.87. The highest BCUT2D eigenvalue weighted by atomic mass is 32.2. The van der Waals surface area contributed by atoms with E-state index in [-0.39, 0.29) is 18.6 Å². The maximum absolute atomic E-state index is 11.0. The third-order valence-corrected chi connectivity index (χ3v) is 6.30. The van der Waals surface area contributed by atoms with Gasteiger partial charge in [-0.1, -0.05) is 30.0 Å². The van der Waals surface area contributed by atoms with Crippen LogP contribution in [0.5, 0.6) is 0 Å². The van der Waals surface area contributed by atoms with Gasteiger partial charge in [0.05, 0.1) is 12.0 Å². The van der Waals surface area contributed by atoms with E-state index in [1.54, 1.807) is 18.1 Å². The zero-order valence-corrected chi connectivity index (χ0v) is 16.2. The molecule has 0 saturated heterocycles. The largest absolute Gasteiger partial charge is 0.333 e. The molecule has 2 N–H and O–H groups in total. The molecular weight excluding hydrogens is 384 g/mol. The van der Waals surface area contributed by atoms with Crippen molar-refractivity contribution in [3.8, 4) is 0 Å². The number of nitrogens with two attached hydrogens (primary N) is 1. The molecule has 0 radical (unpaired) electrons. The van der Waals surface area contributed by atoms with Crippen molar-refractivity contribution in [3.05, 3.63) is 48.9 Å². The maximum atomic E-state index is 11.0. The lowest BCUT2D eigenvalue weighted by atomic mass is 10.1. The Hall–Kier alpha value is -1.94. The Balaban J connectivity index is 1.53. The van der Waals surface area contributed by atoms with Gasteiger partial charge in [0, 0.05) is 17.1 Å². The minimum atomic E-state index is -3.88. The van der Waals surface area contributed by atoms with Crippen LogP contribution in [0.1, 0.15) is 25.3 Å². The van der Waals surface area contributed by atoms with Crippen LogP contribution < -0.4 is 5.14 Å². The highest BCUT2D eigenvalue weighted by Crippen LogP contribution is 2.38. The first-order valence-corrected chi connectivity index (χ1v) is 11.0. The fourth-order valence-electron chi connectivity index (χ4n) is 3.57. The SMILES string of the molecule is NS(=O)(=O)OC[C@H]1CC[C@H](n2ccc3c(Sc4ccccc4)ncnc32)C1. The number of benzene rings is 1. The fourth-order valence-corrected chi connectivity index (χ4v) is 4.84. The molecule has 2 atom stereocenters. The molecule has 2 heterocycles. The van der Waals surface area contributed by atoms with E-state index in [9.17, 15) is 8.42 Å². The van der Waals surface area contributed by atoms with Crippen LogP contribution in [0.15, 0.2) is 58.8 Å². The van der Waals surface area contributed by atoms with Crippen molar-refractivity contribution in [2.75, 3.05) is 6.61 Å². The Bertz CT molecular complexity index is 1040. The number of rotatable bonds is 6. The minimum absolute atomic E-state index is 0.138. The van der Waals surface area contributed by atoms with Gasteiger partial charge in [-0.2, -0.15) is 8.42 Å². The van der Waals surface area contributed by atoms with Gasteiger partial charge in [-0.3, -0.25) is 4.18 Å². The van der Waals surface area contributed by atoms with Crippen molar-refractivity contribution < 1.29 is 12.6 Å². The van der Waals surface area contributed by atoms with Crippen LogP contribution in [0.3, 0.4) is 0 Å². The zero-order chi connectivity index (χ0) is 18.9. The highest BCUT2D eigenvalue weighted by molar-refractivity contribution is 7.99.